The van der Waals surface area contributed by atoms with Crippen molar-refractivity contribution >= 4 is 22.5 Å². The molecule has 5 nitrogen and oxygen atoms in total. The topological polar surface area (TPSA) is 64.5 Å². The van der Waals surface area contributed by atoms with Crippen molar-refractivity contribution in [3.63, 3.8) is 0 Å². The zero-order valence-electron chi connectivity index (χ0n) is 9.72. The van der Waals surface area contributed by atoms with E-state index in [0.29, 0.717) is 0 Å². The molecule has 1 aliphatic heterocycles. The van der Waals surface area contributed by atoms with Crippen LogP contribution in [0, 0.1) is 0 Å². The average Bonchev–Trinajstić information content (AvgIpc) is 2.71. The van der Waals surface area contributed by atoms with Crippen LogP contribution in [0.5, 0.6) is 0 Å². The van der Waals surface area contributed by atoms with Gasteiger partial charge in [0.25, 0.3) is 0 Å². The van der Waals surface area contributed by atoms with Crippen LogP contribution in [0.1, 0.15) is 6.92 Å². The monoisotopic (exact) mass is 233 g/mol. The number of anilines is 2. The van der Waals surface area contributed by atoms with Crippen LogP contribution in [0.3, 0.4) is 0 Å². The lowest BCUT2D eigenvalue weighted by atomic mass is 10.2. The number of benzene rings is 1. The van der Waals surface area contributed by atoms with Gasteiger partial charge in [-0.2, -0.15) is 0 Å². The number of hydrogen-bond acceptors (Lipinski definition) is 5. The van der Waals surface area contributed by atoms with Gasteiger partial charge in [0.2, 0.25) is 0 Å². The molecule has 0 bridgehead atoms. The summed E-state index contributed by atoms with van der Waals surface area (Å²) in [7, 11) is 0. The molecule has 0 spiro atoms. The molecular formula is C12H15N3O2. The summed E-state index contributed by atoms with van der Waals surface area (Å²) in [5.74, 6) is 0.863. The molecule has 3 rings (SSSR count). The number of ether oxygens (including phenoxy) is 1. The van der Waals surface area contributed by atoms with E-state index in [1.807, 2.05) is 18.2 Å². The van der Waals surface area contributed by atoms with Crippen LogP contribution in [0.15, 0.2) is 22.7 Å². The van der Waals surface area contributed by atoms with E-state index in [9.17, 15) is 0 Å². The van der Waals surface area contributed by atoms with Crippen molar-refractivity contribution in [2.75, 3.05) is 30.3 Å². The minimum atomic E-state index is 0.219. The Bertz CT molecular complexity index is 538. The van der Waals surface area contributed by atoms with Crippen molar-refractivity contribution in [2.45, 2.75) is 13.0 Å². The molecule has 0 saturated carbocycles. The van der Waals surface area contributed by atoms with Crippen molar-refractivity contribution in [1.82, 2.24) is 5.16 Å². The Morgan fingerprint density at radius 3 is 3.18 bits per heavy atom. The molecule has 1 aliphatic rings. The van der Waals surface area contributed by atoms with Crippen molar-refractivity contribution in [3.05, 3.63) is 18.2 Å². The number of hydrogen-bond donors (Lipinski definition) is 1. The molecule has 2 aromatic rings. The molecule has 1 atom stereocenters. The summed E-state index contributed by atoms with van der Waals surface area (Å²) in [6.45, 7) is 4.44. The molecule has 90 valence electrons. The molecule has 1 unspecified atom stereocenters. The van der Waals surface area contributed by atoms with Crippen LogP contribution >= 0.6 is 0 Å². The van der Waals surface area contributed by atoms with Gasteiger partial charge in [-0.25, -0.2) is 0 Å². The van der Waals surface area contributed by atoms with E-state index < -0.39 is 0 Å². The highest BCUT2D eigenvalue weighted by Crippen LogP contribution is 2.28. The van der Waals surface area contributed by atoms with Crippen molar-refractivity contribution in [1.29, 1.82) is 0 Å². The van der Waals surface area contributed by atoms with E-state index in [1.54, 1.807) is 0 Å². The van der Waals surface area contributed by atoms with Gasteiger partial charge in [-0.3, -0.25) is 0 Å². The first kappa shape index (κ1) is 10.4. The standard InChI is InChI=1S/C12H15N3O2/c1-8-7-15(4-5-16-8)12-10-6-9(13)2-3-11(10)17-14-12/h2-3,6,8H,4-5,7,13H2,1H3. The normalized spacial score (nSPS) is 21.0. The molecule has 1 saturated heterocycles. The molecule has 0 amide bonds. The Kier molecular flexibility index (Phi) is 2.40. The molecule has 0 radical (unpaired) electrons. The Hall–Kier alpha value is -1.75. The maximum atomic E-state index is 5.80. The van der Waals surface area contributed by atoms with Gasteiger partial charge >= 0.3 is 0 Å². The Labute approximate surface area is 99.1 Å². The van der Waals surface area contributed by atoms with E-state index >= 15 is 0 Å². The number of morpholine rings is 1. The summed E-state index contributed by atoms with van der Waals surface area (Å²) in [5.41, 5.74) is 7.29. The maximum absolute atomic E-state index is 5.80. The fraction of sp³-hybridized carbons (Fsp3) is 0.417. The van der Waals surface area contributed by atoms with E-state index in [4.69, 9.17) is 15.0 Å². The molecule has 2 N–H and O–H groups in total. The van der Waals surface area contributed by atoms with Gasteiger partial charge in [0.05, 0.1) is 18.1 Å². The van der Waals surface area contributed by atoms with Gasteiger partial charge in [-0.15, -0.1) is 0 Å². The number of aromatic nitrogens is 1. The third-order valence-corrected chi connectivity index (χ3v) is 3.02. The van der Waals surface area contributed by atoms with E-state index in [-0.39, 0.29) is 6.10 Å². The molecule has 1 fully saturated rings. The number of nitrogens with zero attached hydrogens (tertiary/aromatic N) is 2. The minimum absolute atomic E-state index is 0.219. The predicted molar refractivity (Wildman–Crippen MR) is 66.0 cm³/mol. The zero-order chi connectivity index (χ0) is 11.8. The summed E-state index contributed by atoms with van der Waals surface area (Å²) >= 11 is 0. The highest BCUT2D eigenvalue weighted by Gasteiger charge is 2.21. The minimum Gasteiger partial charge on any atom is -0.399 e. The second-order valence-electron chi connectivity index (χ2n) is 4.39. The van der Waals surface area contributed by atoms with Gasteiger partial charge in [0.1, 0.15) is 0 Å². The van der Waals surface area contributed by atoms with Crippen molar-refractivity contribution in [3.8, 4) is 0 Å². The summed E-state index contributed by atoms with van der Waals surface area (Å²) in [6, 6.07) is 5.57. The second-order valence-corrected chi connectivity index (χ2v) is 4.39. The highest BCUT2D eigenvalue weighted by atomic mass is 16.5. The Balaban J connectivity index is 2.01. The van der Waals surface area contributed by atoms with E-state index in [1.165, 1.54) is 0 Å². The molecule has 0 aliphatic carbocycles. The van der Waals surface area contributed by atoms with Crippen molar-refractivity contribution < 1.29 is 9.26 Å². The maximum Gasteiger partial charge on any atom is 0.180 e. The van der Waals surface area contributed by atoms with Crippen LogP contribution in [0.4, 0.5) is 11.5 Å². The van der Waals surface area contributed by atoms with Crippen molar-refractivity contribution in [2.24, 2.45) is 0 Å². The average molecular weight is 233 g/mol. The molecule has 5 heteroatoms. The van der Waals surface area contributed by atoms with Gasteiger partial charge < -0.3 is 19.9 Å². The molecule has 17 heavy (non-hydrogen) atoms. The lowest BCUT2D eigenvalue weighted by Gasteiger charge is -2.30. The van der Waals surface area contributed by atoms with Crippen LogP contribution in [-0.2, 0) is 4.74 Å². The van der Waals surface area contributed by atoms with Gasteiger partial charge in [-0.1, -0.05) is 5.16 Å². The summed E-state index contributed by atoms with van der Waals surface area (Å²) in [4.78, 5) is 2.18. The first-order valence-electron chi connectivity index (χ1n) is 5.75. The lowest BCUT2D eigenvalue weighted by molar-refractivity contribution is 0.0528. The second kappa shape index (κ2) is 3.92. The quantitative estimate of drug-likeness (QED) is 0.758. The predicted octanol–water partition coefficient (Wildman–Crippen LogP) is 1.64. The third-order valence-electron chi connectivity index (χ3n) is 3.02. The van der Waals surface area contributed by atoms with Gasteiger partial charge in [0, 0.05) is 18.8 Å². The number of fused-ring (bicyclic) bond motifs is 1. The molecule has 1 aromatic carbocycles. The molecular weight excluding hydrogens is 218 g/mol. The summed E-state index contributed by atoms with van der Waals surface area (Å²) in [5, 5.41) is 5.11. The third kappa shape index (κ3) is 1.82. The SMILES string of the molecule is CC1CN(c2noc3ccc(N)cc23)CCO1. The molecule has 2 heterocycles. The summed E-state index contributed by atoms with van der Waals surface area (Å²) in [6.07, 6.45) is 0.219. The van der Waals surface area contributed by atoms with Gasteiger partial charge in [0.15, 0.2) is 11.4 Å². The van der Waals surface area contributed by atoms with E-state index in [0.717, 1.165) is 42.2 Å². The first-order chi connectivity index (χ1) is 8.24. The van der Waals surface area contributed by atoms with Gasteiger partial charge in [-0.05, 0) is 25.1 Å². The fourth-order valence-electron chi connectivity index (χ4n) is 2.18. The smallest absolute Gasteiger partial charge is 0.180 e. The van der Waals surface area contributed by atoms with Crippen LogP contribution in [0.25, 0.3) is 11.0 Å². The zero-order valence-corrected chi connectivity index (χ0v) is 9.72. The fourth-order valence-corrected chi connectivity index (χ4v) is 2.18. The molecule has 1 aromatic heterocycles. The van der Waals surface area contributed by atoms with E-state index in [2.05, 4.69) is 17.0 Å². The lowest BCUT2D eigenvalue weighted by Crippen LogP contribution is -2.41. The number of nitrogens with two attached hydrogens (primary N) is 1. The number of rotatable bonds is 1. The number of nitrogen functional groups attached to an aromatic ring is 1. The summed E-state index contributed by atoms with van der Waals surface area (Å²) < 4.78 is 10.8. The highest BCUT2D eigenvalue weighted by molar-refractivity contribution is 5.90. The first-order valence-corrected chi connectivity index (χ1v) is 5.75. The largest absolute Gasteiger partial charge is 0.399 e. The Morgan fingerprint density at radius 2 is 2.35 bits per heavy atom. The van der Waals surface area contributed by atoms with Crippen LogP contribution < -0.4 is 10.6 Å². The van der Waals surface area contributed by atoms with Crippen LogP contribution in [-0.4, -0.2) is 31.0 Å². The van der Waals surface area contributed by atoms with Crippen LogP contribution in [0.2, 0.25) is 0 Å². The Morgan fingerprint density at radius 1 is 1.47 bits per heavy atom.